The van der Waals surface area contributed by atoms with Crippen molar-refractivity contribution >= 4 is 34.3 Å². The molecule has 2 aromatic rings. The number of fused-ring (bicyclic) bond motifs is 1. The highest BCUT2D eigenvalue weighted by Crippen LogP contribution is 2.31. The minimum absolute atomic E-state index is 0.630. The molecule has 0 amide bonds. The van der Waals surface area contributed by atoms with E-state index in [0.717, 1.165) is 22.5 Å². The Kier molecular flexibility index (Phi) is 3.52. The number of halogens is 1. The van der Waals surface area contributed by atoms with Gasteiger partial charge in [-0.3, -0.25) is 4.99 Å². The van der Waals surface area contributed by atoms with Gasteiger partial charge < -0.3 is 15.7 Å². The molecule has 0 fully saturated rings. The van der Waals surface area contributed by atoms with Crippen molar-refractivity contribution in [3.63, 3.8) is 0 Å². The zero-order valence-corrected chi connectivity index (χ0v) is 12.4. The molecule has 0 saturated carbocycles. The highest BCUT2D eigenvalue weighted by atomic mass is 35.5. The van der Waals surface area contributed by atoms with E-state index in [4.69, 9.17) is 17.3 Å². The summed E-state index contributed by atoms with van der Waals surface area (Å²) in [6, 6.07) is 7.51. The fourth-order valence-corrected chi connectivity index (χ4v) is 3.10. The molecule has 2 unspecified atom stereocenters. The third-order valence-electron chi connectivity index (χ3n) is 3.37. The van der Waals surface area contributed by atoms with Gasteiger partial charge in [-0.15, -0.1) is 0 Å². The van der Waals surface area contributed by atoms with Gasteiger partial charge in [0.25, 0.3) is 0 Å². The molecule has 4 nitrogen and oxygen atoms in total. The predicted molar refractivity (Wildman–Crippen MR) is 83.8 cm³/mol. The normalized spacial score (nSPS) is 22.2. The number of aliphatic imine (C=N–C) groups is 1. The number of nitrogens with zero attached hydrogens (tertiary/aromatic N) is 2. The van der Waals surface area contributed by atoms with Gasteiger partial charge in [0, 0.05) is 34.3 Å². The molecule has 0 saturated heterocycles. The Hall–Kier alpha value is -1.40. The molecule has 1 aliphatic heterocycles. The van der Waals surface area contributed by atoms with E-state index in [0.29, 0.717) is 5.02 Å². The summed E-state index contributed by atoms with van der Waals surface area (Å²) in [4.78, 5) is 6.20. The number of hydrogen-bond acceptors (Lipinski definition) is 5. The number of aliphatic hydroxyl groups is 1. The van der Waals surface area contributed by atoms with Gasteiger partial charge >= 0.3 is 0 Å². The van der Waals surface area contributed by atoms with Crippen molar-refractivity contribution in [3.8, 4) is 0 Å². The molecule has 1 aromatic carbocycles. The Morgan fingerprint density at radius 2 is 2.20 bits per heavy atom. The first kappa shape index (κ1) is 13.6. The fraction of sp³-hybridized carbons (Fsp3) is 0.214. The maximum Gasteiger partial charge on any atom is 0.162 e. The molecule has 6 heteroatoms. The van der Waals surface area contributed by atoms with Gasteiger partial charge in [-0.25, -0.2) is 0 Å². The van der Waals surface area contributed by atoms with Gasteiger partial charge in [-0.1, -0.05) is 11.6 Å². The van der Waals surface area contributed by atoms with E-state index in [9.17, 15) is 5.11 Å². The van der Waals surface area contributed by atoms with E-state index < -0.39 is 12.4 Å². The van der Waals surface area contributed by atoms with Gasteiger partial charge in [0.15, 0.2) is 6.23 Å². The third kappa shape index (κ3) is 2.23. The van der Waals surface area contributed by atoms with Crippen LogP contribution in [0, 0.1) is 0 Å². The number of thiophene rings is 1. The van der Waals surface area contributed by atoms with E-state index in [1.807, 2.05) is 29.0 Å². The number of aliphatic hydroxyl groups excluding tert-OH is 1. The van der Waals surface area contributed by atoms with Crippen molar-refractivity contribution in [1.82, 2.24) is 0 Å². The van der Waals surface area contributed by atoms with Gasteiger partial charge in [0.05, 0.1) is 5.71 Å². The lowest BCUT2D eigenvalue weighted by Gasteiger charge is -2.27. The number of hydrogen-bond donors (Lipinski definition) is 2. The summed E-state index contributed by atoms with van der Waals surface area (Å²) in [5.74, 6) is 0. The SMILES string of the molecule is CN1c2ccc(Cl)cc2C(c2ccsc2)=NC(N)C1O. The molecule has 1 aromatic heterocycles. The highest BCUT2D eigenvalue weighted by molar-refractivity contribution is 7.08. The van der Waals surface area contributed by atoms with Crippen molar-refractivity contribution in [2.45, 2.75) is 12.4 Å². The molecular formula is C14H14ClN3OS. The van der Waals surface area contributed by atoms with E-state index in [1.54, 1.807) is 29.4 Å². The van der Waals surface area contributed by atoms with Crippen molar-refractivity contribution in [3.05, 3.63) is 51.2 Å². The maximum atomic E-state index is 10.2. The quantitative estimate of drug-likeness (QED) is 0.850. The first-order valence-corrected chi connectivity index (χ1v) is 7.47. The van der Waals surface area contributed by atoms with Gasteiger partial charge in [0.1, 0.15) is 6.17 Å². The molecule has 1 aliphatic rings. The second-order valence-electron chi connectivity index (χ2n) is 4.67. The standard InChI is InChI=1S/C14H14ClN3OS/c1-18-11-3-2-9(15)6-10(11)12(8-4-5-20-7-8)17-13(16)14(18)19/h2-7,13-14,19H,16H2,1H3. The van der Waals surface area contributed by atoms with Crippen LogP contribution in [0.3, 0.4) is 0 Å². The molecule has 0 bridgehead atoms. The van der Waals surface area contributed by atoms with Crippen LogP contribution in [0.15, 0.2) is 40.0 Å². The van der Waals surface area contributed by atoms with Crippen LogP contribution in [0.5, 0.6) is 0 Å². The summed E-state index contributed by atoms with van der Waals surface area (Å²) in [5.41, 5.74) is 9.46. The van der Waals surface area contributed by atoms with E-state index in [1.165, 1.54) is 0 Å². The smallest absolute Gasteiger partial charge is 0.162 e. The van der Waals surface area contributed by atoms with Crippen molar-refractivity contribution in [2.24, 2.45) is 10.7 Å². The van der Waals surface area contributed by atoms with Crippen LogP contribution >= 0.6 is 22.9 Å². The topological polar surface area (TPSA) is 61.8 Å². The number of rotatable bonds is 1. The average molecular weight is 308 g/mol. The highest BCUT2D eigenvalue weighted by Gasteiger charge is 2.28. The van der Waals surface area contributed by atoms with Crippen molar-refractivity contribution in [1.29, 1.82) is 0 Å². The van der Waals surface area contributed by atoms with Crippen LogP contribution < -0.4 is 10.6 Å². The number of nitrogens with two attached hydrogens (primary N) is 1. The Labute approximate surface area is 126 Å². The summed E-state index contributed by atoms with van der Waals surface area (Å²) < 4.78 is 0. The van der Waals surface area contributed by atoms with E-state index in [-0.39, 0.29) is 0 Å². The van der Waals surface area contributed by atoms with Crippen molar-refractivity contribution < 1.29 is 5.11 Å². The molecule has 2 heterocycles. The van der Waals surface area contributed by atoms with E-state index in [2.05, 4.69) is 4.99 Å². The Balaban J connectivity index is 2.25. The molecular weight excluding hydrogens is 294 g/mol. The molecule has 20 heavy (non-hydrogen) atoms. The molecule has 0 aliphatic carbocycles. The number of likely N-dealkylation sites (N-methyl/N-ethyl adjacent to an activating group) is 1. The maximum absolute atomic E-state index is 10.2. The van der Waals surface area contributed by atoms with Gasteiger partial charge in [-0.2, -0.15) is 11.3 Å². The van der Waals surface area contributed by atoms with Crippen LogP contribution in [0.25, 0.3) is 0 Å². The fourth-order valence-electron chi connectivity index (χ4n) is 2.29. The lowest BCUT2D eigenvalue weighted by molar-refractivity contribution is 0.149. The van der Waals surface area contributed by atoms with Crippen LogP contribution in [0.2, 0.25) is 5.02 Å². The Bertz CT molecular complexity index is 656. The zero-order chi connectivity index (χ0) is 14.3. The minimum Gasteiger partial charge on any atom is -0.370 e. The zero-order valence-electron chi connectivity index (χ0n) is 10.8. The van der Waals surface area contributed by atoms with Gasteiger partial charge in [0.2, 0.25) is 0 Å². The summed E-state index contributed by atoms with van der Waals surface area (Å²) in [6.45, 7) is 0. The second kappa shape index (κ2) is 5.18. The molecule has 3 N–H and O–H groups in total. The number of benzodiazepines with no additional fused rings is 1. The van der Waals surface area contributed by atoms with Crippen LogP contribution in [-0.2, 0) is 0 Å². The van der Waals surface area contributed by atoms with Crippen LogP contribution in [0.4, 0.5) is 5.69 Å². The molecule has 0 radical (unpaired) electrons. The molecule has 3 rings (SSSR count). The third-order valence-corrected chi connectivity index (χ3v) is 4.29. The summed E-state index contributed by atoms with van der Waals surface area (Å²) in [5, 5.41) is 14.8. The average Bonchev–Trinajstić information content (AvgIpc) is 2.94. The predicted octanol–water partition coefficient (Wildman–Crippen LogP) is 2.29. The molecule has 2 atom stereocenters. The lowest BCUT2D eigenvalue weighted by atomic mass is 10.0. The molecule has 0 spiro atoms. The lowest BCUT2D eigenvalue weighted by Crippen LogP contribution is -2.44. The van der Waals surface area contributed by atoms with Crippen LogP contribution in [-0.4, -0.2) is 30.3 Å². The van der Waals surface area contributed by atoms with Crippen molar-refractivity contribution in [2.75, 3.05) is 11.9 Å². The summed E-state index contributed by atoms with van der Waals surface area (Å²) in [6.07, 6.45) is -1.58. The largest absolute Gasteiger partial charge is 0.370 e. The number of benzene rings is 1. The monoisotopic (exact) mass is 307 g/mol. The molecule has 104 valence electrons. The van der Waals surface area contributed by atoms with Gasteiger partial charge in [-0.05, 0) is 29.6 Å². The summed E-state index contributed by atoms with van der Waals surface area (Å²) >= 11 is 7.70. The Morgan fingerprint density at radius 1 is 1.40 bits per heavy atom. The Morgan fingerprint density at radius 3 is 2.90 bits per heavy atom. The summed E-state index contributed by atoms with van der Waals surface area (Å²) in [7, 11) is 1.79. The van der Waals surface area contributed by atoms with E-state index >= 15 is 0 Å². The minimum atomic E-state index is -0.869. The first-order chi connectivity index (χ1) is 9.58. The number of anilines is 1. The van der Waals surface area contributed by atoms with Crippen LogP contribution in [0.1, 0.15) is 11.1 Å². The first-order valence-electron chi connectivity index (χ1n) is 6.14. The second-order valence-corrected chi connectivity index (χ2v) is 5.88.